The molecule has 2 nitrogen and oxygen atoms in total. The summed E-state index contributed by atoms with van der Waals surface area (Å²) in [5, 5.41) is 9.69. The van der Waals surface area contributed by atoms with E-state index in [9.17, 15) is 0 Å². The van der Waals surface area contributed by atoms with Crippen LogP contribution in [-0.4, -0.2) is 0 Å². The van der Waals surface area contributed by atoms with Crippen LogP contribution in [0.4, 0.5) is 0 Å². The van der Waals surface area contributed by atoms with Crippen molar-refractivity contribution in [1.29, 1.82) is 0 Å². The molecule has 100 valence electrons. The van der Waals surface area contributed by atoms with Crippen molar-refractivity contribution in [1.82, 2.24) is 0 Å². The summed E-state index contributed by atoms with van der Waals surface area (Å²) in [5.41, 5.74) is 1.56. The summed E-state index contributed by atoms with van der Waals surface area (Å²) in [6.45, 7) is 15.1. The second-order valence-electron chi connectivity index (χ2n) is 3.99. The van der Waals surface area contributed by atoms with Gasteiger partial charge in [0.1, 0.15) is 0 Å². The molecule has 0 radical (unpaired) electrons. The highest BCUT2D eigenvalue weighted by Gasteiger charge is 1.96. The van der Waals surface area contributed by atoms with E-state index in [1.807, 2.05) is 42.5 Å². The predicted octanol–water partition coefficient (Wildman–Crippen LogP) is 3.75. The maximum atomic E-state index is 4.11. The van der Waals surface area contributed by atoms with Crippen LogP contribution in [0.5, 0.6) is 0 Å². The minimum absolute atomic E-state index is 0.683. The third-order valence-electron chi connectivity index (χ3n) is 2.37. The summed E-state index contributed by atoms with van der Waals surface area (Å²) in [6, 6.07) is 13.4. The molecule has 0 heterocycles. The maximum Gasteiger partial charge on any atom is 0.0929 e. The Balaban J connectivity index is 3.59. The standard InChI is InChI=1S/C18H18N2/c1-5-9-18(20-19-6-2)17-13-12-15(3)10-7-8-11-16(4)14-17/h5-14H,1-4H2/b10-7?,11-8?,13-12?,17-14?,18-9-,20-19?. The van der Waals surface area contributed by atoms with Gasteiger partial charge in [-0.15, -0.1) is 0 Å². The van der Waals surface area contributed by atoms with Gasteiger partial charge in [-0.05, 0) is 22.6 Å². The van der Waals surface area contributed by atoms with Crippen LogP contribution < -0.4 is 10.4 Å². The first-order chi connectivity index (χ1) is 9.67. The fourth-order valence-corrected chi connectivity index (χ4v) is 1.47. The van der Waals surface area contributed by atoms with Gasteiger partial charge in [-0.2, -0.15) is 10.2 Å². The fourth-order valence-electron chi connectivity index (χ4n) is 1.47. The van der Waals surface area contributed by atoms with Crippen molar-refractivity contribution in [2.24, 2.45) is 10.2 Å². The summed E-state index contributed by atoms with van der Waals surface area (Å²) >= 11 is 0. The van der Waals surface area contributed by atoms with Crippen LogP contribution in [0.3, 0.4) is 0 Å². The van der Waals surface area contributed by atoms with Crippen LogP contribution >= 0.6 is 0 Å². The Morgan fingerprint density at radius 1 is 0.950 bits per heavy atom. The zero-order valence-corrected chi connectivity index (χ0v) is 11.5. The third-order valence-corrected chi connectivity index (χ3v) is 2.37. The predicted molar refractivity (Wildman–Crippen MR) is 87.6 cm³/mol. The van der Waals surface area contributed by atoms with E-state index in [0.717, 1.165) is 16.0 Å². The summed E-state index contributed by atoms with van der Waals surface area (Å²) in [7, 11) is 0. The quantitative estimate of drug-likeness (QED) is 0.583. The largest absolute Gasteiger partial charge is 0.159 e. The molecule has 0 atom stereocenters. The van der Waals surface area contributed by atoms with Gasteiger partial charge < -0.3 is 0 Å². The van der Waals surface area contributed by atoms with Crippen molar-refractivity contribution in [3.63, 3.8) is 0 Å². The molecule has 0 amide bonds. The third kappa shape index (κ3) is 5.27. The lowest BCUT2D eigenvalue weighted by molar-refractivity contribution is 1.24. The van der Waals surface area contributed by atoms with Crippen molar-refractivity contribution >= 4 is 18.9 Å². The monoisotopic (exact) mass is 262 g/mol. The number of hydrogen-bond acceptors (Lipinski definition) is 2. The molecular formula is C18H18N2. The van der Waals surface area contributed by atoms with Gasteiger partial charge in [0.15, 0.2) is 0 Å². The highest BCUT2D eigenvalue weighted by atomic mass is 15.1. The Kier molecular flexibility index (Phi) is 6.42. The topological polar surface area (TPSA) is 24.7 Å². The molecule has 0 saturated heterocycles. The Labute approximate surface area is 119 Å². The lowest BCUT2D eigenvalue weighted by atomic mass is 10.1. The van der Waals surface area contributed by atoms with Gasteiger partial charge in [0, 0.05) is 11.8 Å². The Hall–Kier alpha value is -2.74. The second-order valence-corrected chi connectivity index (χ2v) is 3.99. The van der Waals surface area contributed by atoms with E-state index in [1.54, 1.807) is 12.2 Å². The lowest BCUT2D eigenvalue weighted by Gasteiger charge is -1.97. The maximum absolute atomic E-state index is 4.11. The normalized spacial score (nSPS) is 10.9. The minimum Gasteiger partial charge on any atom is -0.159 e. The number of rotatable bonds is 4. The lowest BCUT2D eigenvalue weighted by Crippen LogP contribution is -1.96. The van der Waals surface area contributed by atoms with Gasteiger partial charge in [0.25, 0.3) is 0 Å². The molecule has 1 rings (SSSR count). The molecule has 0 spiro atoms. The summed E-state index contributed by atoms with van der Waals surface area (Å²) in [4.78, 5) is 0. The number of allylic oxidation sites excluding steroid dienone is 2. The minimum atomic E-state index is 0.683. The molecule has 2 heteroatoms. The van der Waals surface area contributed by atoms with E-state index in [4.69, 9.17) is 0 Å². The van der Waals surface area contributed by atoms with Gasteiger partial charge in [-0.1, -0.05) is 68.8 Å². The van der Waals surface area contributed by atoms with Crippen molar-refractivity contribution in [3.8, 4) is 0 Å². The zero-order valence-electron chi connectivity index (χ0n) is 11.5. The van der Waals surface area contributed by atoms with Crippen LogP contribution in [0.15, 0.2) is 84.2 Å². The average Bonchev–Trinajstić information content (AvgIpc) is 2.44. The van der Waals surface area contributed by atoms with Crippen LogP contribution in [0, 0.1) is 0 Å². The molecule has 0 fully saturated rings. The van der Waals surface area contributed by atoms with Gasteiger partial charge in [-0.25, -0.2) is 0 Å². The SMILES string of the molecule is C=C/C=C(\N=NC=C)c1ccc(=C)ccccc(=C)c1. The Bertz CT molecular complexity index is 696. The molecule has 0 bridgehead atoms. The van der Waals surface area contributed by atoms with Crippen LogP contribution in [0.25, 0.3) is 18.9 Å². The summed E-state index contributed by atoms with van der Waals surface area (Å²) in [6.07, 6.45) is 4.83. The highest BCUT2D eigenvalue weighted by Crippen LogP contribution is 2.13. The number of nitrogens with zero attached hydrogens (tertiary/aromatic N) is 2. The zero-order chi connectivity index (χ0) is 14.8. The molecule has 1 aromatic rings. The number of azo groups is 1. The van der Waals surface area contributed by atoms with E-state index in [1.165, 1.54) is 6.20 Å². The van der Waals surface area contributed by atoms with Crippen LogP contribution in [0.2, 0.25) is 0 Å². The molecule has 0 aliphatic heterocycles. The summed E-state index contributed by atoms with van der Waals surface area (Å²) < 4.78 is 0. The van der Waals surface area contributed by atoms with Crippen LogP contribution in [-0.2, 0) is 0 Å². The van der Waals surface area contributed by atoms with Gasteiger partial charge >= 0.3 is 0 Å². The van der Waals surface area contributed by atoms with Crippen molar-refractivity contribution in [3.05, 3.63) is 90.0 Å². The first-order valence-corrected chi connectivity index (χ1v) is 6.14. The van der Waals surface area contributed by atoms with E-state index in [-0.39, 0.29) is 0 Å². The first kappa shape index (κ1) is 15.3. The molecular weight excluding hydrogens is 244 g/mol. The van der Waals surface area contributed by atoms with Crippen LogP contribution in [0.1, 0.15) is 5.56 Å². The van der Waals surface area contributed by atoms with E-state index in [0.29, 0.717) is 5.70 Å². The highest BCUT2D eigenvalue weighted by molar-refractivity contribution is 5.65. The van der Waals surface area contributed by atoms with Crippen molar-refractivity contribution in [2.45, 2.75) is 0 Å². The molecule has 0 N–H and O–H groups in total. The molecule has 0 aliphatic rings. The molecule has 1 aromatic carbocycles. The van der Waals surface area contributed by atoms with E-state index >= 15 is 0 Å². The van der Waals surface area contributed by atoms with E-state index < -0.39 is 0 Å². The average molecular weight is 262 g/mol. The Morgan fingerprint density at radius 3 is 2.30 bits per heavy atom. The molecule has 0 unspecified atom stereocenters. The molecule has 0 saturated carbocycles. The Morgan fingerprint density at radius 2 is 1.65 bits per heavy atom. The van der Waals surface area contributed by atoms with E-state index in [2.05, 4.69) is 36.5 Å². The smallest absolute Gasteiger partial charge is 0.0929 e. The van der Waals surface area contributed by atoms with Gasteiger partial charge in [0.2, 0.25) is 0 Å². The number of hydrogen-bond donors (Lipinski definition) is 0. The van der Waals surface area contributed by atoms with Gasteiger partial charge in [0.05, 0.1) is 5.70 Å². The van der Waals surface area contributed by atoms with Crippen molar-refractivity contribution < 1.29 is 0 Å². The second kappa shape index (κ2) is 8.38. The van der Waals surface area contributed by atoms with Gasteiger partial charge in [-0.3, -0.25) is 0 Å². The molecule has 0 aliphatic carbocycles. The first-order valence-electron chi connectivity index (χ1n) is 6.14. The van der Waals surface area contributed by atoms with Crippen molar-refractivity contribution in [2.75, 3.05) is 0 Å². The molecule has 20 heavy (non-hydrogen) atoms. The molecule has 0 aromatic heterocycles. The fraction of sp³-hybridized carbons (Fsp3) is 0. The summed E-state index contributed by atoms with van der Waals surface area (Å²) in [5.74, 6) is 0.